The van der Waals surface area contributed by atoms with E-state index >= 15 is 0 Å². The van der Waals surface area contributed by atoms with Crippen molar-refractivity contribution in [1.82, 2.24) is 0 Å². The van der Waals surface area contributed by atoms with E-state index < -0.39 is 0 Å². The molecule has 6 heterocycles. The van der Waals surface area contributed by atoms with Gasteiger partial charge >= 0.3 is 0 Å². The van der Waals surface area contributed by atoms with E-state index in [-0.39, 0.29) is 28.4 Å². The van der Waals surface area contributed by atoms with Crippen LogP contribution in [0.5, 0.6) is 0 Å². The molecule has 15 rings (SSSR count). The molecule has 0 atom stereocenters. The van der Waals surface area contributed by atoms with Gasteiger partial charge in [-0.2, -0.15) is 0 Å². The van der Waals surface area contributed by atoms with Crippen molar-refractivity contribution in [2.45, 2.75) is 77.0 Å². The van der Waals surface area contributed by atoms with Gasteiger partial charge in [-0.15, -0.1) is 0 Å². The summed E-state index contributed by atoms with van der Waals surface area (Å²) in [5, 5.41) is 0. The average Bonchev–Trinajstić information content (AvgIpc) is 3.38. The monoisotopic (exact) mass is 914 g/mol. The van der Waals surface area contributed by atoms with Crippen molar-refractivity contribution in [1.29, 1.82) is 0 Å². The largest absolute Gasteiger partial charge is 0.311 e. The summed E-state index contributed by atoms with van der Waals surface area (Å²) in [6.45, 7) is 19.6. The lowest BCUT2D eigenvalue weighted by atomic mass is 9.32. The minimum absolute atomic E-state index is 0.0482. The molecule has 0 aliphatic carbocycles. The molecule has 5 heteroatoms. The molecule has 0 saturated carbocycles. The second kappa shape index (κ2) is 13.6. The Balaban J connectivity index is 1.00. The maximum atomic E-state index is 2.68. The second-order valence-electron chi connectivity index (χ2n) is 22.9. The summed E-state index contributed by atoms with van der Waals surface area (Å²) < 4.78 is 0. The first-order valence-electron chi connectivity index (χ1n) is 25.6. The van der Waals surface area contributed by atoms with E-state index in [0.29, 0.717) is 0 Å². The Morgan fingerprint density at radius 3 is 1.08 bits per heavy atom. The second-order valence-corrected chi connectivity index (χ2v) is 22.9. The lowest BCUT2D eigenvalue weighted by molar-refractivity contribution is 0.608. The Bertz CT molecular complexity index is 3810. The van der Waals surface area contributed by atoms with Crippen molar-refractivity contribution in [3.8, 4) is 0 Å². The number of anilines is 12. The van der Waals surface area contributed by atoms with Crippen LogP contribution in [0.15, 0.2) is 188 Å². The summed E-state index contributed by atoms with van der Waals surface area (Å²) in [4.78, 5) is 10.4. The standard InChI is InChI=1S/C66H55BN4/c1-63(2)42-26-15-18-33-53(42)69(41-24-13-10-14-25-41)58-39-59-47(36-46(58)63)65(5,6)44-28-19-31-51-62(44)71(59)55-35-21-34-54-60(55)67(51)50-30-20-29-45-61(50)70(54)57-38-48-56(37-49(57)66(45,7)8)68(40-22-11-9-12-23-40)52-32-17-16-27-43(52)64(48,3)4/h9-39H,1-8H3. The first kappa shape index (κ1) is 41.1. The van der Waals surface area contributed by atoms with Crippen LogP contribution in [0.25, 0.3) is 0 Å². The van der Waals surface area contributed by atoms with Gasteiger partial charge in [0.1, 0.15) is 0 Å². The third-order valence-electron chi connectivity index (χ3n) is 17.9. The highest BCUT2D eigenvalue weighted by Crippen LogP contribution is 2.62. The molecule has 0 spiro atoms. The van der Waals surface area contributed by atoms with Crippen molar-refractivity contribution in [2.75, 3.05) is 19.6 Å². The van der Waals surface area contributed by atoms with E-state index in [1.165, 1.54) is 129 Å². The van der Waals surface area contributed by atoms with Crippen molar-refractivity contribution in [3.63, 3.8) is 0 Å². The molecule has 9 aromatic carbocycles. The smallest absolute Gasteiger partial charge is 0.252 e. The minimum Gasteiger partial charge on any atom is -0.311 e. The third-order valence-corrected chi connectivity index (χ3v) is 17.9. The van der Waals surface area contributed by atoms with E-state index in [4.69, 9.17) is 0 Å². The molecule has 71 heavy (non-hydrogen) atoms. The molecular weight excluding hydrogens is 860 g/mol. The first-order valence-corrected chi connectivity index (χ1v) is 25.6. The highest BCUT2D eigenvalue weighted by molar-refractivity contribution is 7.00. The first-order chi connectivity index (χ1) is 34.3. The van der Waals surface area contributed by atoms with Crippen LogP contribution in [-0.4, -0.2) is 6.71 Å². The van der Waals surface area contributed by atoms with E-state index in [1.807, 2.05) is 0 Å². The molecule has 0 amide bonds. The van der Waals surface area contributed by atoms with Crippen LogP contribution in [0.3, 0.4) is 0 Å². The van der Waals surface area contributed by atoms with E-state index in [0.717, 1.165) is 0 Å². The molecule has 6 aliphatic heterocycles. The Labute approximate surface area is 418 Å². The molecule has 9 aromatic rings. The fourth-order valence-electron chi connectivity index (χ4n) is 14.4. The van der Waals surface area contributed by atoms with Gasteiger partial charge in [0.05, 0.1) is 34.1 Å². The van der Waals surface area contributed by atoms with Gasteiger partial charge in [0.25, 0.3) is 6.71 Å². The van der Waals surface area contributed by atoms with Gasteiger partial charge in [0, 0.05) is 55.8 Å². The quantitative estimate of drug-likeness (QED) is 0.160. The summed E-state index contributed by atoms with van der Waals surface area (Å²) >= 11 is 0. The number of hydrogen-bond acceptors (Lipinski definition) is 4. The summed E-state index contributed by atoms with van der Waals surface area (Å²) in [5.74, 6) is 0. The number of para-hydroxylation sites is 6. The summed E-state index contributed by atoms with van der Waals surface area (Å²) in [6, 6.07) is 71.8. The molecule has 4 nitrogen and oxygen atoms in total. The maximum absolute atomic E-state index is 2.68. The van der Waals surface area contributed by atoms with Crippen LogP contribution in [0.4, 0.5) is 68.2 Å². The van der Waals surface area contributed by atoms with Crippen LogP contribution >= 0.6 is 0 Å². The zero-order valence-electron chi connectivity index (χ0n) is 41.8. The predicted molar refractivity (Wildman–Crippen MR) is 298 cm³/mol. The minimum atomic E-state index is -0.293. The molecular formula is C66H55BN4. The normalized spacial score (nSPS) is 17.6. The maximum Gasteiger partial charge on any atom is 0.252 e. The molecule has 6 aliphatic rings. The van der Waals surface area contributed by atoms with E-state index in [2.05, 4.69) is 263 Å². The van der Waals surface area contributed by atoms with Crippen molar-refractivity contribution >= 4 is 91.3 Å². The Morgan fingerprint density at radius 2 is 0.606 bits per heavy atom. The van der Waals surface area contributed by atoms with E-state index in [1.54, 1.807) is 0 Å². The Kier molecular flexibility index (Phi) is 7.84. The fourth-order valence-corrected chi connectivity index (χ4v) is 14.4. The van der Waals surface area contributed by atoms with Gasteiger partial charge in [-0.1, -0.05) is 171 Å². The molecule has 0 radical (unpaired) electrons. The number of rotatable bonds is 2. The summed E-state index contributed by atoms with van der Waals surface area (Å²) in [7, 11) is 0. The lowest BCUT2D eigenvalue weighted by Gasteiger charge is -2.53. The highest BCUT2D eigenvalue weighted by Gasteiger charge is 2.52. The predicted octanol–water partition coefficient (Wildman–Crippen LogP) is 15.3. The third kappa shape index (κ3) is 5.01. The van der Waals surface area contributed by atoms with Crippen molar-refractivity contribution in [2.24, 2.45) is 0 Å². The van der Waals surface area contributed by atoms with Crippen LogP contribution in [0, 0.1) is 0 Å². The topological polar surface area (TPSA) is 13.0 Å². The molecule has 0 unspecified atom stereocenters. The zero-order chi connectivity index (χ0) is 48.1. The lowest BCUT2D eigenvalue weighted by Crippen LogP contribution is -2.63. The van der Waals surface area contributed by atoms with E-state index in [9.17, 15) is 0 Å². The Hall–Kier alpha value is -7.76. The molecule has 342 valence electrons. The van der Waals surface area contributed by atoms with Gasteiger partial charge in [-0.05, 0) is 134 Å². The summed E-state index contributed by atoms with van der Waals surface area (Å²) in [6.07, 6.45) is 0. The van der Waals surface area contributed by atoms with Crippen LogP contribution < -0.4 is 36.0 Å². The molecule has 0 aromatic heterocycles. The number of benzene rings is 9. The average molecular weight is 915 g/mol. The SMILES string of the molecule is CC1(C)c2ccccc2N(c2ccccc2)c2cc3c(cc21)N1c2cccc4c2B(c2cccc(c21)C3(C)C)c1cccc2c1N4c1cc3c(cc1C2(C)C)C(C)(C)c1ccccc1N3c1ccccc1. The molecule has 0 saturated heterocycles. The van der Waals surface area contributed by atoms with Crippen LogP contribution in [-0.2, 0) is 21.7 Å². The van der Waals surface area contributed by atoms with Crippen molar-refractivity contribution in [3.05, 3.63) is 233 Å². The van der Waals surface area contributed by atoms with Gasteiger partial charge in [-0.25, -0.2) is 0 Å². The summed E-state index contributed by atoms with van der Waals surface area (Å²) in [5.41, 5.74) is 28.9. The molecule has 0 bridgehead atoms. The van der Waals surface area contributed by atoms with Crippen LogP contribution in [0.1, 0.15) is 99.9 Å². The molecule has 0 N–H and O–H groups in total. The number of fused-ring (bicyclic) bond motifs is 12. The Morgan fingerprint density at radius 1 is 0.268 bits per heavy atom. The van der Waals surface area contributed by atoms with Gasteiger partial charge in [0.2, 0.25) is 0 Å². The number of hydrogen-bond donors (Lipinski definition) is 0. The van der Waals surface area contributed by atoms with Gasteiger partial charge < -0.3 is 19.6 Å². The highest BCUT2D eigenvalue weighted by atomic mass is 15.2. The van der Waals surface area contributed by atoms with Crippen LogP contribution in [0.2, 0.25) is 0 Å². The fraction of sp³-hybridized carbons (Fsp3) is 0.182. The zero-order valence-corrected chi connectivity index (χ0v) is 41.8. The number of nitrogens with zero attached hydrogens (tertiary/aromatic N) is 4. The van der Waals surface area contributed by atoms with Crippen molar-refractivity contribution < 1.29 is 0 Å². The van der Waals surface area contributed by atoms with Gasteiger partial charge in [-0.3, -0.25) is 0 Å². The molecule has 0 fully saturated rings. The van der Waals surface area contributed by atoms with Gasteiger partial charge in [0.15, 0.2) is 0 Å².